The van der Waals surface area contributed by atoms with Gasteiger partial charge in [-0.25, -0.2) is 4.68 Å². The molecule has 0 aliphatic heterocycles. The Morgan fingerprint density at radius 3 is 2.88 bits per heavy atom. The van der Waals surface area contributed by atoms with Gasteiger partial charge in [0.25, 0.3) is 5.56 Å². The Hall–Kier alpha value is -1.03. The average Bonchev–Trinajstić information content (AvgIpc) is 3.08. The van der Waals surface area contributed by atoms with Gasteiger partial charge in [0.15, 0.2) is 0 Å². The lowest BCUT2D eigenvalue weighted by atomic mass is 10.3. The first-order valence-electron chi connectivity index (χ1n) is 6.10. The minimum absolute atomic E-state index is 0.0283. The topological polar surface area (TPSA) is 46.9 Å². The van der Waals surface area contributed by atoms with Crippen molar-refractivity contribution in [2.45, 2.75) is 39.2 Å². The van der Waals surface area contributed by atoms with Crippen molar-refractivity contribution >= 4 is 17.3 Å². The number of rotatable bonds is 5. The van der Waals surface area contributed by atoms with E-state index in [0.717, 1.165) is 18.9 Å². The van der Waals surface area contributed by atoms with Crippen LogP contribution in [-0.4, -0.2) is 16.3 Å². The van der Waals surface area contributed by atoms with Crippen molar-refractivity contribution in [3.63, 3.8) is 0 Å². The molecule has 1 aromatic rings. The number of anilines is 1. The monoisotopic (exact) mass is 255 g/mol. The summed E-state index contributed by atoms with van der Waals surface area (Å²) in [7, 11) is 0. The van der Waals surface area contributed by atoms with Crippen molar-refractivity contribution in [2.24, 2.45) is 5.92 Å². The predicted octanol–water partition coefficient (Wildman–Crippen LogP) is 2.69. The standard InChI is InChI=1S/C12H18ClN3O/c1-8(2)16-12(17)11(13)10(7-15-16)14-6-5-9-3-4-9/h7-9,14H,3-6H2,1-2H3. The summed E-state index contributed by atoms with van der Waals surface area (Å²) in [5.41, 5.74) is 0.423. The molecular weight excluding hydrogens is 238 g/mol. The maximum Gasteiger partial charge on any atom is 0.287 e. The highest BCUT2D eigenvalue weighted by atomic mass is 35.5. The summed E-state index contributed by atoms with van der Waals surface area (Å²) in [4.78, 5) is 11.9. The molecule has 1 saturated carbocycles. The van der Waals surface area contributed by atoms with Crippen molar-refractivity contribution in [3.8, 4) is 0 Å². The second kappa shape index (κ2) is 5.08. The zero-order chi connectivity index (χ0) is 12.4. The highest BCUT2D eigenvalue weighted by molar-refractivity contribution is 6.32. The molecule has 1 aliphatic carbocycles. The Balaban J connectivity index is 2.06. The van der Waals surface area contributed by atoms with Crippen molar-refractivity contribution in [1.29, 1.82) is 0 Å². The van der Waals surface area contributed by atoms with Crippen LogP contribution in [0.1, 0.15) is 39.2 Å². The number of hydrogen-bond donors (Lipinski definition) is 1. The van der Waals surface area contributed by atoms with E-state index < -0.39 is 0 Å². The molecule has 0 atom stereocenters. The molecule has 2 rings (SSSR count). The molecular formula is C12H18ClN3O. The van der Waals surface area contributed by atoms with Crippen molar-refractivity contribution in [2.75, 3.05) is 11.9 Å². The lowest BCUT2D eigenvalue weighted by Gasteiger charge is -2.12. The Kier molecular flexibility index (Phi) is 3.72. The first-order valence-corrected chi connectivity index (χ1v) is 6.48. The summed E-state index contributed by atoms with van der Waals surface area (Å²) < 4.78 is 1.40. The summed E-state index contributed by atoms with van der Waals surface area (Å²) in [5, 5.41) is 7.53. The second-order valence-corrected chi connectivity index (χ2v) is 5.25. The molecule has 1 aromatic heterocycles. The quantitative estimate of drug-likeness (QED) is 0.880. The molecule has 0 amide bonds. The Morgan fingerprint density at radius 2 is 2.29 bits per heavy atom. The van der Waals surface area contributed by atoms with Gasteiger partial charge in [-0.3, -0.25) is 4.79 Å². The third-order valence-electron chi connectivity index (χ3n) is 3.00. The fourth-order valence-corrected chi connectivity index (χ4v) is 1.96. The van der Waals surface area contributed by atoms with E-state index in [-0.39, 0.29) is 16.6 Å². The van der Waals surface area contributed by atoms with E-state index in [0.29, 0.717) is 5.69 Å². The van der Waals surface area contributed by atoms with Crippen LogP contribution in [0.2, 0.25) is 5.02 Å². The lowest BCUT2D eigenvalue weighted by molar-refractivity contribution is 0.503. The first kappa shape index (κ1) is 12.4. The fourth-order valence-electron chi connectivity index (χ4n) is 1.75. The highest BCUT2D eigenvalue weighted by Gasteiger charge is 2.20. The van der Waals surface area contributed by atoms with Crippen molar-refractivity contribution < 1.29 is 0 Å². The van der Waals surface area contributed by atoms with Crippen molar-refractivity contribution in [1.82, 2.24) is 9.78 Å². The Morgan fingerprint density at radius 1 is 1.59 bits per heavy atom. The van der Waals surface area contributed by atoms with E-state index in [9.17, 15) is 4.79 Å². The van der Waals surface area contributed by atoms with Gasteiger partial charge in [0.2, 0.25) is 0 Å². The minimum atomic E-state index is -0.224. The maximum absolute atomic E-state index is 11.9. The summed E-state index contributed by atoms with van der Waals surface area (Å²) in [6, 6.07) is 0.0283. The van der Waals surface area contributed by atoms with Gasteiger partial charge in [-0.2, -0.15) is 5.10 Å². The molecule has 4 nitrogen and oxygen atoms in total. The molecule has 17 heavy (non-hydrogen) atoms. The van der Waals surface area contributed by atoms with E-state index in [4.69, 9.17) is 11.6 Å². The zero-order valence-corrected chi connectivity index (χ0v) is 11.0. The van der Waals surface area contributed by atoms with Gasteiger partial charge in [-0.05, 0) is 26.2 Å². The molecule has 0 unspecified atom stereocenters. The summed E-state index contributed by atoms with van der Waals surface area (Å²) in [6.45, 7) is 4.67. The number of halogens is 1. The van der Waals surface area contributed by atoms with Crippen LogP contribution >= 0.6 is 11.6 Å². The highest BCUT2D eigenvalue weighted by Crippen LogP contribution is 2.32. The van der Waals surface area contributed by atoms with Gasteiger partial charge in [-0.15, -0.1) is 0 Å². The molecule has 0 bridgehead atoms. The zero-order valence-electron chi connectivity index (χ0n) is 10.2. The van der Waals surface area contributed by atoms with Gasteiger partial charge in [0.05, 0.1) is 17.9 Å². The molecule has 1 aliphatic rings. The molecule has 1 fully saturated rings. The van der Waals surface area contributed by atoms with Crippen LogP contribution < -0.4 is 10.9 Å². The van der Waals surface area contributed by atoms with Crippen LogP contribution in [0.25, 0.3) is 0 Å². The number of nitrogens with zero attached hydrogens (tertiary/aromatic N) is 2. The van der Waals surface area contributed by atoms with E-state index in [2.05, 4.69) is 10.4 Å². The van der Waals surface area contributed by atoms with E-state index >= 15 is 0 Å². The normalized spacial score (nSPS) is 15.3. The summed E-state index contributed by atoms with van der Waals surface area (Å²) in [5.74, 6) is 0.866. The van der Waals surface area contributed by atoms with Crippen molar-refractivity contribution in [3.05, 3.63) is 21.6 Å². The molecule has 5 heteroatoms. The predicted molar refractivity (Wildman–Crippen MR) is 69.7 cm³/mol. The van der Waals surface area contributed by atoms with Crippen LogP contribution in [0.3, 0.4) is 0 Å². The molecule has 0 aromatic carbocycles. The minimum Gasteiger partial charge on any atom is -0.382 e. The van der Waals surface area contributed by atoms with E-state index in [1.54, 1.807) is 6.20 Å². The van der Waals surface area contributed by atoms with Gasteiger partial charge in [0, 0.05) is 6.54 Å². The molecule has 0 radical (unpaired) electrons. The van der Waals surface area contributed by atoms with Crippen LogP contribution in [0.5, 0.6) is 0 Å². The fraction of sp³-hybridized carbons (Fsp3) is 0.667. The van der Waals surface area contributed by atoms with Gasteiger partial charge in [-0.1, -0.05) is 24.4 Å². The molecule has 0 spiro atoms. The first-order chi connectivity index (χ1) is 8.09. The smallest absolute Gasteiger partial charge is 0.287 e. The Bertz CT molecular complexity index is 452. The SMILES string of the molecule is CC(C)n1ncc(NCCC2CC2)c(Cl)c1=O. The van der Waals surface area contributed by atoms with Crippen LogP contribution in [0, 0.1) is 5.92 Å². The van der Waals surface area contributed by atoms with E-state index in [1.807, 2.05) is 13.8 Å². The third kappa shape index (κ3) is 3.00. The Labute approximate surface area is 106 Å². The summed E-state index contributed by atoms with van der Waals surface area (Å²) in [6.07, 6.45) is 5.45. The van der Waals surface area contributed by atoms with Gasteiger partial charge < -0.3 is 5.32 Å². The maximum atomic E-state index is 11.9. The van der Waals surface area contributed by atoms with Gasteiger partial charge in [0.1, 0.15) is 5.02 Å². The van der Waals surface area contributed by atoms with Gasteiger partial charge >= 0.3 is 0 Å². The van der Waals surface area contributed by atoms with Crippen LogP contribution in [0.4, 0.5) is 5.69 Å². The molecule has 0 saturated heterocycles. The molecule has 94 valence electrons. The van der Waals surface area contributed by atoms with Crippen LogP contribution in [0.15, 0.2) is 11.0 Å². The largest absolute Gasteiger partial charge is 0.382 e. The lowest BCUT2D eigenvalue weighted by Crippen LogP contribution is -2.25. The number of aromatic nitrogens is 2. The second-order valence-electron chi connectivity index (χ2n) is 4.87. The van der Waals surface area contributed by atoms with Crippen LogP contribution in [-0.2, 0) is 0 Å². The number of hydrogen-bond acceptors (Lipinski definition) is 3. The third-order valence-corrected chi connectivity index (χ3v) is 3.36. The average molecular weight is 256 g/mol. The summed E-state index contributed by atoms with van der Waals surface area (Å²) >= 11 is 6.04. The molecule has 1 heterocycles. The number of nitrogens with one attached hydrogen (secondary N) is 1. The molecule has 1 N–H and O–H groups in total. The van der Waals surface area contributed by atoms with E-state index in [1.165, 1.54) is 17.5 Å².